The van der Waals surface area contributed by atoms with Crippen molar-refractivity contribution in [2.75, 3.05) is 0 Å². The second kappa shape index (κ2) is 3.06. The minimum Gasteiger partial charge on any atom is -0.289 e. The van der Waals surface area contributed by atoms with Crippen molar-refractivity contribution >= 4 is 16.6 Å². The largest absolute Gasteiger partial charge is 0.289 e. The zero-order chi connectivity index (χ0) is 10.3. The normalized spacial score (nSPS) is 14.3. The van der Waals surface area contributed by atoms with Crippen molar-refractivity contribution in [2.24, 2.45) is 0 Å². The first-order valence-electron chi connectivity index (χ1n) is 5.07. The fraction of sp³-hybridized carbons (Fsp3) is 0.0714. The monoisotopic (exact) mass is 194 g/mol. The van der Waals surface area contributed by atoms with Crippen molar-refractivity contribution in [1.82, 2.24) is 0 Å². The molecule has 1 aliphatic carbocycles. The van der Waals surface area contributed by atoms with Gasteiger partial charge in [0, 0.05) is 5.56 Å². The van der Waals surface area contributed by atoms with Crippen LogP contribution in [0.15, 0.2) is 48.6 Å². The average Bonchev–Trinajstić information content (AvgIpc) is 2.27. The first-order valence-corrected chi connectivity index (χ1v) is 5.07. The molecular weight excluding hydrogens is 184 g/mol. The highest BCUT2D eigenvalue weighted by molar-refractivity contribution is 6.09. The molecule has 0 N–H and O–H groups in total. The van der Waals surface area contributed by atoms with E-state index in [-0.39, 0.29) is 5.78 Å². The van der Waals surface area contributed by atoms with Crippen LogP contribution in [0.4, 0.5) is 0 Å². The summed E-state index contributed by atoms with van der Waals surface area (Å²) in [6.07, 6.45) is 4.46. The summed E-state index contributed by atoms with van der Waals surface area (Å²) in [5, 5.41) is 2.35. The van der Waals surface area contributed by atoms with E-state index < -0.39 is 0 Å². The number of fused-ring (bicyclic) bond motifs is 2. The van der Waals surface area contributed by atoms with E-state index in [1.165, 1.54) is 5.39 Å². The standard InChI is InChI=1S/C14H10O/c15-14-7-3-6-12-8-10-4-1-2-5-11(10)9-13(12)14/h1-5,7-9H,6H2. The van der Waals surface area contributed by atoms with Gasteiger partial charge in [-0.2, -0.15) is 0 Å². The van der Waals surface area contributed by atoms with Gasteiger partial charge in [-0.1, -0.05) is 36.4 Å². The SMILES string of the molecule is O=C1C=CCc2cc3ccccc3cc21. The summed E-state index contributed by atoms with van der Waals surface area (Å²) >= 11 is 0. The molecule has 0 spiro atoms. The smallest absolute Gasteiger partial charge is 0.185 e. The van der Waals surface area contributed by atoms with Crippen LogP contribution < -0.4 is 0 Å². The lowest BCUT2D eigenvalue weighted by atomic mass is 9.92. The molecule has 0 heterocycles. The van der Waals surface area contributed by atoms with E-state index in [0.717, 1.165) is 22.9 Å². The predicted octanol–water partition coefficient (Wildman–Crippen LogP) is 3.13. The van der Waals surface area contributed by atoms with E-state index >= 15 is 0 Å². The molecule has 0 atom stereocenters. The van der Waals surface area contributed by atoms with Crippen molar-refractivity contribution < 1.29 is 4.79 Å². The molecule has 3 rings (SSSR count). The Morgan fingerprint density at radius 2 is 1.73 bits per heavy atom. The zero-order valence-electron chi connectivity index (χ0n) is 8.23. The summed E-state index contributed by atoms with van der Waals surface area (Å²) in [5.74, 6) is 0.127. The fourth-order valence-electron chi connectivity index (χ4n) is 2.07. The Morgan fingerprint density at radius 3 is 2.53 bits per heavy atom. The topological polar surface area (TPSA) is 17.1 Å². The van der Waals surface area contributed by atoms with Gasteiger partial charge < -0.3 is 0 Å². The Kier molecular flexibility index (Phi) is 1.72. The molecule has 15 heavy (non-hydrogen) atoms. The van der Waals surface area contributed by atoms with Crippen LogP contribution in [-0.2, 0) is 6.42 Å². The van der Waals surface area contributed by atoms with Crippen LogP contribution in [0.2, 0.25) is 0 Å². The highest BCUT2D eigenvalue weighted by Gasteiger charge is 2.12. The molecule has 0 bridgehead atoms. The van der Waals surface area contributed by atoms with Crippen molar-refractivity contribution in [1.29, 1.82) is 0 Å². The van der Waals surface area contributed by atoms with Crippen LogP contribution >= 0.6 is 0 Å². The lowest BCUT2D eigenvalue weighted by Crippen LogP contribution is -2.05. The number of allylic oxidation sites excluding steroid dienone is 2. The molecule has 1 aliphatic rings. The Bertz CT molecular complexity index is 579. The van der Waals surface area contributed by atoms with Gasteiger partial charge >= 0.3 is 0 Å². The van der Waals surface area contributed by atoms with Gasteiger partial charge in [0.05, 0.1) is 0 Å². The van der Waals surface area contributed by atoms with Gasteiger partial charge in [0.25, 0.3) is 0 Å². The molecule has 72 valence electrons. The second-order valence-corrected chi connectivity index (χ2v) is 3.83. The highest BCUT2D eigenvalue weighted by Crippen LogP contribution is 2.23. The number of carbonyl (C=O) groups is 1. The third-order valence-electron chi connectivity index (χ3n) is 2.84. The Balaban J connectivity index is 2.35. The van der Waals surface area contributed by atoms with Crippen molar-refractivity contribution in [3.63, 3.8) is 0 Å². The van der Waals surface area contributed by atoms with Crippen LogP contribution in [0.25, 0.3) is 10.8 Å². The molecule has 0 fully saturated rings. The predicted molar refractivity (Wildman–Crippen MR) is 61.1 cm³/mol. The minimum atomic E-state index is 0.127. The highest BCUT2D eigenvalue weighted by atomic mass is 16.1. The van der Waals surface area contributed by atoms with Crippen LogP contribution in [0.5, 0.6) is 0 Å². The maximum Gasteiger partial charge on any atom is 0.185 e. The van der Waals surface area contributed by atoms with E-state index in [4.69, 9.17) is 0 Å². The number of carbonyl (C=O) groups excluding carboxylic acids is 1. The number of rotatable bonds is 0. The summed E-state index contributed by atoms with van der Waals surface area (Å²) < 4.78 is 0. The minimum absolute atomic E-state index is 0.127. The second-order valence-electron chi connectivity index (χ2n) is 3.83. The van der Waals surface area contributed by atoms with E-state index in [1.54, 1.807) is 6.08 Å². The molecule has 0 saturated heterocycles. The maximum absolute atomic E-state index is 11.6. The van der Waals surface area contributed by atoms with Gasteiger partial charge in [0.2, 0.25) is 0 Å². The molecule has 0 saturated carbocycles. The number of benzene rings is 2. The summed E-state index contributed by atoms with van der Waals surface area (Å²) in [4.78, 5) is 11.6. The maximum atomic E-state index is 11.6. The average molecular weight is 194 g/mol. The lowest BCUT2D eigenvalue weighted by Gasteiger charge is -2.11. The third-order valence-corrected chi connectivity index (χ3v) is 2.84. The van der Waals surface area contributed by atoms with E-state index in [0.29, 0.717) is 0 Å². The molecule has 0 radical (unpaired) electrons. The van der Waals surface area contributed by atoms with Gasteiger partial charge in [0.1, 0.15) is 0 Å². The molecule has 0 aromatic heterocycles. The van der Waals surface area contributed by atoms with Gasteiger partial charge in [0.15, 0.2) is 5.78 Å². The molecule has 1 heteroatoms. The Morgan fingerprint density at radius 1 is 1.00 bits per heavy atom. The molecule has 2 aromatic rings. The quantitative estimate of drug-likeness (QED) is 0.629. The summed E-state index contributed by atoms with van der Waals surface area (Å²) in [6.45, 7) is 0. The molecule has 0 unspecified atom stereocenters. The fourth-order valence-corrected chi connectivity index (χ4v) is 2.07. The number of hydrogen-bond acceptors (Lipinski definition) is 1. The number of hydrogen-bond donors (Lipinski definition) is 0. The van der Waals surface area contributed by atoms with E-state index in [2.05, 4.69) is 12.1 Å². The van der Waals surface area contributed by atoms with Gasteiger partial charge in [-0.05, 0) is 34.9 Å². The van der Waals surface area contributed by atoms with Crippen molar-refractivity contribution in [3.8, 4) is 0 Å². The Labute approximate surface area is 88.0 Å². The van der Waals surface area contributed by atoms with Crippen molar-refractivity contribution in [2.45, 2.75) is 6.42 Å². The van der Waals surface area contributed by atoms with E-state index in [9.17, 15) is 4.79 Å². The molecule has 0 amide bonds. The molecule has 1 nitrogen and oxygen atoms in total. The van der Waals surface area contributed by atoms with Crippen LogP contribution in [0, 0.1) is 0 Å². The molecule has 0 aliphatic heterocycles. The van der Waals surface area contributed by atoms with Crippen LogP contribution in [0.3, 0.4) is 0 Å². The third kappa shape index (κ3) is 1.28. The lowest BCUT2D eigenvalue weighted by molar-refractivity contribution is 0.104. The first kappa shape index (κ1) is 8.42. The molecular formula is C14H10O. The molecule has 2 aromatic carbocycles. The van der Waals surface area contributed by atoms with Gasteiger partial charge in [-0.3, -0.25) is 4.79 Å². The summed E-state index contributed by atoms with van der Waals surface area (Å²) in [7, 11) is 0. The van der Waals surface area contributed by atoms with Crippen molar-refractivity contribution in [3.05, 3.63) is 59.7 Å². The van der Waals surface area contributed by atoms with Crippen LogP contribution in [-0.4, -0.2) is 5.78 Å². The van der Waals surface area contributed by atoms with Gasteiger partial charge in [-0.25, -0.2) is 0 Å². The van der Waals surface area contributed by atoms with Gasteiger partial charge in [-0.15, -0.1) is 0 Å². The first-order chi connectivity index (χ1) is 7.34. The van der Waals surface area contributed by atoms with E-state index in [1.807, 2.05) is 30.3 Å². The zero-order valence-corrected chi connectivity index (χ0v) is 8.23. The van der Waals surface area contributed by atoms with Crippen LogP contribution in [0.1, 0.15) is 15.9 Å². The number of ketones is 1. The summed E-state index contributed by atoms with van der Waals surface area (Å²) in [6, 6.07) is 12.3. The summed E-state index contributed by atoms with van der Waals surface area (Å²) in [5.41, 5.74) is 2.00. The Hall–Kier alpha value is -1.89.